The monoisotopic (exact) mass is 599 g/mol. The Bertz CT molecular complexity index is 1510. The van der Waals surface area contributed by atoms with Gasteiger partial charge in [0.15, 0.2) is 11.4 Å². The second kappa shape index (κ2) is 14.5. The smallest absolute Gasteiger partial charge is 0.407 e. The molecule has 0 radical (unpaired) electrons. The lowest BCUT2D eigenvalue weighted by atomic mass is 9.91. The van der Waals surface area contributed by atoms with Crippen molar-refractivity contribution in [2.75, 3.05) is 12.4 Å². The van der Waals surface area contributed by atoms with Gasteiger partial charge in [-0.2, -0.15) is 0 Å². The van der Waals surface area contributed by atoms with Crippen LogP contribution in [0.5, 0.6) is 0 Å². The van der Waals surface area contributed by atoms with Gasteiger partial charge in [-0.05, 0) is 33.9 Å². The van der Waals surface area contributed by atoms with Crippen molar-refractivity contribution in [2.24, 2.45) is 13.0 Å². The molecule has 0 aliphatic carbocycles. The van der Waals surface area contributed by atoms with Gasteiger partial charge in [-0.1, -0.05) is 98.1 Å². The van der Waals surface area contributed by atoms with Crippen LogP contribution in [-0.4, -0.2) is 39.2 Å². The van der Waals surface area contributed by atoms with Gasteiger partial charge >= 0.3 is 6.09 Å². The maximum absolute atomic E-state index is 11.8. The average molecular weight is 600 g/mol. The number of hydrogen-bond donors (Lipinski definition) is 2. The fraction of sp³-hybridized carbons (Fsp3) is 0.294. The minimum atomic E-state index is -0.545. The van der Waals surface area contributed by atoms with E-state index in [4.69, 9.17) is 14.2 Å². The van der Waals surface area contributed by atoms with Crippen LogP contribution in [0.2, 0.25) is 0 Å². The van der Waals surface area contributed by atoms with Crippen LogP contribution >= 0.6 is 11.8 Å². The summed E-state index contributed by atoms with van der Waals surface area (Å²) in [5.41, 5.74) is 5.90. The number of benzene rings is 3. The number of aliphatic hydroxyl groups is 1. The highest BCUT2D eigenvalue weighted by molar-refractivity contribution is 7.99. The van der Waals surface area contributed by atoms with E-state index in [1.807, 2.05) is 72.4 Å². The van der Waals surface area contributed by atoms with Gasteiger partial charge in [0.05, 0.1) is 18.8 Å². The molecule has 1 fully saturated rings. The van der Waals surface area contributed by atoms with E-state index < -0.39 is 12.4 Å². The summed E-state index contributed by atoms with van der Waals surface area (Å²) in [5, 5.41) is 13.2. The molecule has 0 spiro atoms. The van der Waals surface area contributed by atoms with Gasteiger partial charge < -0.3 is 29.2 Å². The van der Waals surface area contributed by atoms with Crippen molar-refractivity contribution in [3.05, 3.63) is 120 Å². The van der Waals surface area contributed by atoms with Crippen molar-refractivity contribution in [1.82, 2.24) is 14.9 Å². The lowest BCUT2D eigenvalue weighted by molar-refractivity contribution is -0.268. The summed E-state index contributed by atoms with van der Waals surface area (Å²) in [6.45, 7) is 6.25. The molecule has 1 aliphatic heterocycles. The molecule has 9 heteroatoms. The van der Waals surface area contributed by atoms with Gasteiger partial charge in [-0.15, -0.1) is 0 Å². The van der Waals surface area contributed by atoms with E-state index in [0.29, 0.717) is 6.54 Å². The Hall–Kier alpha value is -3.89. The van der Waals surface area contributed by atoms with Gasteiger partial charge in [0, 0.05) is 43.2 Å². The molecule has 5 rings (SSSR count). The first-order chi connectivity index (χ1) is 20.9. The lowest BCUT2D eigenvalue weighted by Gasteiger charge is -2.41. The number of rotatable bonds is 11. The molecule has 1 aliphatic rings. The van der Waals surface area contributed by atoms with Crippen LogP contribution < -0.4 is 5.32 Å². The molecule has 43 heavy (non-hydrogen) atoms. The van der Waals surface area contributed by atoms with Crippen LogP contribution in [-0.2, 0) is 34.4 Å². The van der Waals surface area contributed by atoms with Crippen molar-refractivity contribution in [1.29, 1.82) is 0 Å². The first-order valence-corrected chi connectivity index (χ1v) is 15.2. The standard InChI is InChI=1S/C34H37N3O5S/c1-4-18-40-34(39)36-20-25-6-5-7-29(19-25)26-12-14-28(15-13-26)32-41-30(22-43-33-35-16-17-37(33)3)23(2)31(42-32)27-10-8-24(21-38)9-11-27/h4-17,19,23,30-32,38H,1,18,20-22H2,2-3H3,(H,36,39)/t23-,30+,31+,32+/m1/s1. The zero-order chi connectivity index (χ0) is 30.2. The molecule has 4 atom stereocenters. The number of carbonyl (C=O) groups excluding carboxylic acids is 1. The number of carbonyl (C=O) groups is 1. The molecule has 4 aromatic rings. The number of ether oxygens (including phenoxy) is 3. The quantitative estimate of drug-likeness (QED) is 0.149. The largest absolute Gasteiger partial charge is 0.445 e. The fourth-order valence-corrected chi connectivity index (χ4v) is 6.11. The number of aliphatic hydroxyl groups excluding tert-OH is 1. The topological polar surface area (TPSA) is 94.8 Å². The summed E-state index contributed by atoms with van der Waals surface area (Å²) in [4.78, 5) is 16.3. The third kappa shape index (κ3) is 7.74. The molecule has 8 nitrogen and oxygen atoms in total. The second-order valence-corrected chi connectivity index (χ2v) is 11.5. The summed E-state index contributed by atoms with van der Waals surface area (Å²) in [6, 6.07) is 24.2. The Morgan fingerprint density at radius 3 is 2.53 bits per heavy atom. The predicted molar refractivity (Wildman–Crippen MR) is 167 cm³/mol. The lowest BCUT2D eigenvalue weighted by Crippen LogP contribution is -2.38. The van der Waals surface area contributed by atoms with Crippen LogP contribution in [0.1, 0.15) is 41.6 Å². The number of amides is 1. The van der Waals surface area contributed by atoms with Crippen LogP contribution in [0, 0.1) is 5.92 Å². The molecule has 224 valence electrons. The van der Waals surface area contributed by atoms with Gasteiger partial charge in [-0.25, -0.2) is 9.78 Å². The zero-order valence-electron chi connectivity index (χ0n) is 24.4. The van der Waals surface area contributed by atoms with Crippen molar-refractivity contribution in [3.8, 4) is 11.1 Å². The van der Waals surface area contributed by atoms with E-state index in [2.05, 4.69) is 42.0 Å². The second-order valence-electron chi connectivity index (χ2n) is 10.5. The Morgan fingerprint density at radius 2 is 1.84 bits per heavy atom. The maximum atomic E-state index is 11.8. The maximum Gasteiger partial charge on any atom is 0.407 e. The molecule has 2 N–H and O–H groups in total. The molecular formula is C34H37N3O5S. The minimum absolute atomic E-state index is 0.00403. The fourth-order valence-electron chi connectivity index (χ4n) is 5.01. The van der Waals surface area contributed by atoms with Crippen LogP contribution in [0.25, 0.3) is 11.1 Å². The third-order valence-corrected chi connectivity index (χ3v) is 8.64. The van der Waals surface area contributed by atoms with E-state index in [1.54, 1.807) is 18.0 Å². The number of alkyl carbamates (subject to hydrolysis) is 1. The van der Waals surface area contributed by atoms with Crippen molar-refractivity contribution in [3.63, 3.8) is 0 Å². The Balaban J connectivity index is 1.32. The Labute approximate surface area is 256 Å². The number of aromatic nitrogens is 2. The average Bonchev–Trinajstić information content (AvgIpc) is 3.46. The molecule has 1 amide bonds. The van der Waals surface area contributed by atoms with E-state index in [-0.39, 0.29) is 31.3 Å². The highest BCUT2D eigenvalue weighted by atomic mass is 32.2. The summed E-state index contributed by atoms with van der Waals surface area (Å²) in [5.74, 6) is 0.825. The molecule has 0 bridgehead atoms. The van der Waals surface area contributed by atoms with Gasteiger partial charge in [0.2, 0.25) is 0 Å². The van der Waals surface area contributed by atoms with Crippen molar-refractivity contribution >= 4 is 17.9 Å². The molecular weight excluding hydrogens is 562 g/mol. The van der Waals surface area contributed by atoms with E-state index >= 15 is 0 Å². The van der Waals surface area contributed by atoms with Gasteiger partial charge in [0.25, 0.3) is 0 Å². The number of nitrogens with one attached hydrogen (secondary N) is 1. The highest BCUT2D eigenvalue weighted by Gasteiger charge is 2.38. The number of thioether (sulfide) groups is 1. The molecule has 2 heterocycles. The number of nitrogens with zero attached hydrogens (tertiary/aromatic N) is 2. The van der Waals surface area contributed by atoms with Crippen LogP contribution in [0.4, 0.5) is 4.79 Å². The first kappa shape index (κ1) is 30.6. The number of hydrogen-bond acceptors (Lipinski definition) is 7. The summed E-state index contributed by atoms with van der Waals surface area (Å²) >= 11 is 1.67. The van der Waals surface area contributed by atoms with Crippen LogP contribution in [0.15, 0.2) is 103 Å². The summed E-state index contributed by atoms with van der Waals surface area (Å²) in [6.07, 6.45) is 4.00. The Kier molecular flexibility index (Phi) is 10.3. The molecule has 3 aromatic carbocycles. The van der Waals surface area contributed by atoms with Gasteiger partial charge in [-0.3, -0.25) is 0 Å². The van der Waals surface area contributed by atoms with E-state index in [1.165, 1.54) is 6.08 Å². The number of imidazole rings is 1. The normalized spacial score (nSPS) is 20.0. The van der Waals surface area contributed by atoms with Crippen molar-refractivity contribution in [2.45, 2.75) is 43.7 Å². The highest BCUT2D eigenvalue weighted by Crippen LogP contribution is 2.43. The minimum Gasteiger partial charge on any atom is -0.445 e. The molecule has 1 aromatic heterocycles. The number of aryl methyl sites for hydroxylation is 1. The SMILES string of the molecule is C=CCOC(=O)NCc1cccc(-c2ccc([C@H]3O[C@@H](CSc4nccn4C)[C@@H](C)[C@@H](c4ccc(CO)cc4)O3)cc2)c1. The van der Waals surface area contributed by atoms with Crippen molar-refractivity contribution < 1.29 is 24.1 Å². The first-order valence-electron chi connectivity index (χ1n) is 14.3. The predicted octanol–water partition coefficient (Wildman–Crippen LogP) is 6.58. The zero-order valence-corrected chi connectivity index (χ0v) is 25.2. The van der Waals surface area contributed by atoms with Crippen LogP contribution in [0.3, 0.4) is 0 Å². The third-order valence-electron chi connectivity index (χ3n) is 7.49. The van der Waals surface area contributed by atoms with E-state index in [9.17, 15) is 9.90 Å². The Morgan fingerprint density at radius 1 is 1.07 bits per heavy atom. The molecule has 0 unspecified atom stereocenters. The summed E-state index contributed by atoms with van der Waals surface area (Å²) < 4.78 is 20.2. The summed E-state index contributed by atoms with van der Waals surface area (Å²) in [7, 11) is 1.99. The molecule has 1 saturated heterocycles. The van der Waals surface area contributed by atoms with E-state index in [0.717, 1.165) is 44.3 Å². The molecule has 0 saturated carbocycles. The van der Waals surface area contributed by atoms with Gasteiger partial charge in [0.1, 0.15) is 6.61 Å².